The van der Waals surface area contributed by atoms with E-state index >= 15 is 0 Å². The molecule has 0 saturated heterocycles. The number of hydrogen-bond donors (Lipinski definition) is 1. The molecule has 2 aliphatic rings. The van der Waals surface area contributed by atoms with Crippen LogP contribution in [0.1, 0.15) is 56.3 Å². The van der Waals surface area contributed by atoms with Gasteiger partial charge in [-0.1, -0.05) is 102 Å². The van der Waals surface area contributed by atoms with Crippen LogP contribution in [0.4, 0.5) is 0 Å². The molecule has 4 aromatic carbocycles. The van der Waals surface area contributed by atoms with E-state index in [2.05, 4.69) is 90.1 Å². The van der Waals surface area contributed by atoms with Gasteiger partial charge in [0.05, 0.1) is 0 Å². The Bertz CT molecular complexity index is 1210. The Balaban J connectivity index is 1.68. The first-order valence-corrected chi connectivity index (χ1v) is 10.4. The van der Waals surface area contributed by atoms with Crippen molar-refractivity contribution in [2.45, 2.75) is 18.3 Å². The zero-order chi connectivity index (χ0) is 20.1. The van der Waals surface area contributed by atoms with Crippen molar-refractivity contribution in [3.8, 4) is 0 Å². The van der Waals surface area contributed by atoms with Gasteiger partial charge in [0.1, 0.15) is 5.71 Å². The van der Waals surface area contributed by atoms with E-state index in [1.54, 1.807) is 0 Å². The third-order valence-electron chi connectivity index (χ3n) is 6.70. The maximum atomic E-state index is 9.88. The predicted molar refractivity (Wildman–Crippen MR) is 120 cm³/mol. The summed E-state index contributed by atoms with van der Waals surface area (Å²) in [4.78, 5) is 0. The van der Waals surface area contributed by atoms with Crippen molar-refractivity contribution in [1.29, 1.82) is 0 Å². The summed E-state index contributed by atoms with van der Waals surface area (Å²) in [5.74, 6) is 0.374. The fraction of sp³-hybridized carbons (Fsp3) is 0.107. The van der Waals surface area contributed by atoms with Gasteiger partial charge in [0, 0.05) is 23.0 Å². The highest BCUT2D eigenvalue weighted by Gasteiger charge is 2.39. The van der Waals surface area contributed by atoms with E-state index in [1.165, 1.54) is 33.4 Å². The minimum atomic E-state index is 0.158. The number of rotatable bonds is 1. The number of benzene rings is 4. The van der Waals surface area contributed by atoms with Gasteiger partial charge in [-0.05, 0) is 39.8 Å². The molecule has 0 heterocycles. The standard InChI is InChI=1S/C28H21NO/c30-29-28-24-15-7-5-13-22(24)27(23-14-6-8-16-25(23)28)26-20-11-3-1-9-18(20)17-19-10-2-4-12-21(19)26/h1-16,26-27,30H,17H2. The van der Waals surface area contributed by atoms with Crippen LogP contribution in [0.25, 0.3) is 0 Å². The van der Waals surface area contributed by atoms with E-state index in [0.717, 1.165) is 17.5 Å². The molecule has 2 aliphatic carbocycles. The van der Waals surface area contributed by atoms with Crippen molar-refractivity contribution >= 4 is 5.71 Å². The van der Waals surface area contributed by atoms with Crippen molar-refractivity contribution in [3.63, 3.8) is 0 Å². The van der Waals surface area contributed by atoms with Gasteiger partial charge in [0.25, 0.3) is 0 Å². The second kappa shape index (κ2) is 6.70. The molecule has 6 rings (SSSR count). The summed E-state index contributed by atoms with van der Waals surface area (Å²) in [5, 5.41) is 13.6. The normalized spacial score (nSPS) is 16.8. The SMILES string of the molecule is ON=C1c2ccccc2C(C2c3ccccc3Cc3ccccc32)c2ccccc21. The summed E-state index contributed by atoms with van der Waals surface area (Å²) >= 11 is 0. The van der Waals surface area contributed by atoms with Crippen molar-refractivity contribution < 1.29 is 5.21 Å². The van der Waals surface area contributed by atoms with E-state index in [-0.39, 0.29) is 11.8 Å². The average molecular weight is 387 g/mol. The Morgan fingerprint density at radius 2 is 0.933 bits per heavy atom. The van der Waals surface area contributed by atoms with Gasteiger partial charge in [-0.3, -0.25) is 0 Å². The molecule has 2 nitrogen and oxygen atoms in total. The maximum absolute atomic E-state index is 9.88. The summed E-state index contributed by atoms with van der Waals surface area (Å²) in [6, 6.07) is 34.5. The van der Waals surface area contributed by atoms with Crippen LogP contribution in [0.15, 0.2) is 102 Å². The lowest BCUT2D eigenvalue weighted by Crippen LogP contribution is -2.27. The molecule has 0 aromatic heterocycles. The van der Waals surface area contributed by atoms with Gasteiger partial charge in [-0.2, -0.15) is 0 Å². The van der Waals surface area contributed by atoms with Crippen LogP contribution in [0.3, 0.4) is 0 Å². The number of hydrogen-bond acceptors (Lipinski definition) is 2. The van der Waals surface area contributed by atoms with Crippen LogP contribution in [0.2, 0.25) is 0 Å². The van der Waals surface area contributed by atoms with Crippen LogP contribution >= 0.6 is 0 Å². The molecule has 2 heteroatoms. The number of oxime groups is 1. The third-order valence-corrected chi connectivity index (χ3v) is 6.70. The molecule has 0 saturated carbocycles. The van der Waals surface area contributed by atoms with Crippen molar-refractivity contribution in [1.82, 2.24) is 0 Å². The zero-order valence-electron chi connectivity index (χ0n) is 16.5. The van der Waals surface area contributed by atoms with Gasteiger partial charge < -0.3 is 5.21 Å². The molecule has 0 unspecified atom stereocenters. The topological polar surface area (TPSA) is 32.6 Å². The van der Waals surface area contributed by atoms with Gasteiger partial charge >= 0.3 is 0 Å². The lowest BCUT2D eigenvalue weighted by atomic mass is 9.64. The average Bonchev–Trinajstić information content (AvgIpc) is 2.81. The summed E-state index contributed by atoms with van der Waals surface area (Å²) in [7, 11) is 0. The molecule has 144 valence electrons. The van der Waals surface area contributed by atoms with E-state index in [0.29, 0.717) is 5.71 Å². The predicted octanol–water partition coefficient (Wildman–Crippen LogP) is 6.09. The number of fused-ring (bicyclic) bond motifs is 4. The first kappa shape index (κ1) is 17.2. The Morgan fingerprint density at radius 3 is 1.43 bits per heavy atom. The van der Waals surface area contributed by atoms with E-state index in [4.69, 9.17) is 0 Å². The quantitative estimate of drug-likeness (QED) is 0.311. The van der Waals surface area contributed by atoms with Gasteiger partial charge in [0.15, 0.2) is 0 Å². The summed E-state index contributed by atoms with van der Waals surface area (Å²) in [6.07, 6.45) is 0.974. The Labute approximate surface area is 176 Å². The minimum Gasteiger partial charge on any atom is -0.410 e. The summed E-state index contributed by atoms with van der Waals surface area (Å²) in [6.45, 7) is 0. The molecule has 0 spiro atoms. The lowest BCUT2D eigenvalue weighted by Gasteiger charge is -2.38. The highest BCUT2D eigenvalue weighted by atomic mass is 16.4. The van der Waals surface area contributed by atoms with Crippen LogP contribution in [0.5, 0.6) is 0 Å². The van der Waals surface area contributed by atoms with E-state index < -0.39 is 0 Å². The maximum Gasteiger partial charge on any atom is 0.117 e. The Morgan fingerprint density at radius 1 is 0.533 bits per heavy atom. The molecular formula is C28H21NO. The highest BCUT2D eigenvalue weighted by molar-refractivity contribution is 6.16. The molecule has 0 bridgehead atoms. The molecule has 0 fully saturated rings. The molecular weight excluding hydrogens is 366 g/mol. The second-order valence-electron chi connectivity index (χ2n) is 8.15. The molecule has 0 radical (unpaired) electrons. The monoisotopic (exact) mass is 387 g/mol. The van der Waals surface area contributed by atoms with Gasteiger partial charge in [0.2, 0.25) is 0 Å². The highest BCUT2D eigenvalue weighted by Crippen LogP contribution is 2.51. The van der Waals surface area contributed by atoms with Gasteiger partial charge in [-0.25, -0.2) is 0 Å². The second-order valence-corrected chi connectivity index (χ2v) is 8.15. The van der Waals surface area contributed by atoms with Crippen molar-refractivity contribution in [3.05, 3.63) is 142 Å². The van der Waals surface area contributed by atoms with E-state index in [1.807, 2.05) is 12.1 Å². The third kappa shape index (κ3) is 2.40. The fourth-order valence-corrected chi connectivity index (χ4v) is 5.48. The molecule has 4 aromatic rings. The van der Waals surface area contributed by atoms with Crippen molar-refractivity contribution in [2.24, 2.45) is 5.16 Å². The Kier molecular flexibility index (Phi) is 3.85. The smallest absolute Gasteiger partial charge is 0.117 e. The fourth-order valence-electron chi connectivity index (χ4n) is 5.48. The van der Waals surface area contributed by atoms with Crippen molar-refractivity contribution in [2.75, 3.05) is 0 Å². The summed E-state index contributed by atoms with van der Waals surface area (Å²) < 4.78 is 0. The zero-order valence-corrected chi connectivity index (χ0v) is 16.5. The molecule has 0 atom stereocenters. The van der Waals surface area contributed by atoms with Crippen LogP contribution in [0, 0.1) is 0 Å². The Hall–Kier alpha value is -3.65. The summed E-state index contributed by atoms with van der Waals surface area (Å²) in [5.41, 5.74) is 10.7. The number of nitrogens with zero attached hydrogens (tertiary/aromatic N) is 1. The van der Waals surface area contributed by atoms with Gasteiger partial charge in [-0.15, -0.1) is 0 Å². The van der Waals surface area contributed by atoms with E-state index in [9.17, 15) is 5.21 Å². The van der Waals surface area contributed by atoms with Crippen LogP contribution in [-0.2, 0) is 6.42 Å². The minimum absolute atomic E-state index is 0.158. The first-order valence-electron chi connectivity index (χ1n) is 10.4. The first-order chi connectivity index (χ1) is 14.9. The van der Waals surface area contributed by atoms with Crippen LogP contribution < -0.4 is 0 Å². The largest absolute Gasteiger partial charge is 0.410 e. The molecule has 30 heavy (non-hydrogen) atoms. The lowest BCUT2D eigenvalue weighted by molar-refractivity contribution is 0.319. The molecule has 1 N–H and O–H groups in total. The molecule has 0 aliphatic heterocycles. The van der Waals surface area contributed by atoms with Crippen LogP contribution in [-0.4, -0.2) is 10.9 Å². The molecule has 0 amide bonds.